The second-order valence-corrected chi connectivity index (χ2v) is 5.13. The first kappa shape index (κ1) is 15.3. The van der Waals surface area contributed by atoms with E-state index in [1.165, 1.54) is 5.56 Å². The first-order chi connectivity index (χ1) is 10.3. The topological polar surface area (TPSA) is 49.8 Å². The van der Waals surface area contributed by atoms with Gasteiger partial charge in [-0.2, -0.15) is 0 Å². The van der Waals surface area contributed by atoms with Gasteiger partial charge in [-0.3, -0.25) is 0 Å². The van der Waals surface area contributed by atoms with Crippen LogP contribution in [-0.2, 0) is 6.42 Å². The summed E-state index contributed by atoms with van der Waals surface area (Å²) in [4.78, 5) is 8.72. The lowest BCUT2D eigenvalue weighted by molar-refractivity contribution is 0.798. The van der Waals surface area contributed by atoms with E-state index in [4.69, 9.17) is 0 Å². The summed E-state index contributed by atoms with van der Waals surface area (Å²) in [5.74, 6) is 2.31. The predicted octanol–water partition coefficient (Wildman–Crippen LogP) is 3.69. The summed E-state index contributed by atoms with van der Waals surface area (Å²) in [6.07, 6.45) is 2.53. The van der Waals surface area contributed by atoms with Gasteiger partial charge in [-0.1, -0.05) is 44.2 Å². The molecule has 4 heteroatoms. The lowest BCUT2D eigenvalue weighted by atomic mass is 10.0. The second-order valence-electron chi connectivity index (χ2n) is 5.13. The van der Waals surface area contributed by atoms with Gasteiger partial charge in [0.2, 0.25) is 0 Å². The monoisotopic (exact) mass is 284 g/mol. The van der Waals surface area contributed by atoms with Crippen molar-refractivity contribution in [3.05, 3.63) is 47.8 Å². The van der Waals surface area contributed by atoms with E-state index in [-0.39, 0.29) is 0 Å². The molecular weight excluding hydrogens is 260 g/mol. The quantitative estimate of drug-likeness (QED) is 0.814. The molecule has 1 aromatic carbocycles. The Morgan fingerprint density at radius 2 is 1.67 bits per heavy atom. The molecule has 4 nitrogen and oxygen atoms in total. The summed E-state index contributed by atoms with van der Waals surface area (Å²) >= 11 is 0. The van der Waals surface area contributed by atoms with Crippen molar-refractivity contribution in [1.82, 2.24) is 9.97 Å². The van der Waals surface area contributed by atoms with Gasteiger partial charge in [0.05, 0.1) is 0 Å². The van der Waals surface area contributed by atoms with E-state index in [0.29, 0.717) is 5.92 Å². The molecule has 1 heterocycles. The standard InChI is InChI=1S/C17H24N4/c1-4-15-16(18-5-2)20-12-21-17(15)19-11-13(3)14-9-7-6-8-10-14/h6-10,12-13H,4-5,11H2,1-3H3,(H2,18,19,20,21). The van der Waals surface area contributed by atoms with Crippen LogP contribution in [0.1, 0.15) is 37.8 Å². The van der Waals surface area contributed by atoms with Gasteiger partial charge in [0.25, 0.3) is 0 Å². The van der Waals surface area contributed by atoms with Gasteiger partial charge in [-0.15, -0.1) is 0 Å². The number of anilines is 2. The zero-order chi connectivity index (χ0) is 15.1. The van der Waals surface area contributed by atoms with Crippen LogP contribution in [0.15, 0.2) is 36.7 Å². The maximum Gasteiger partial charge on any atom is 0.134 e. The molecule has 2 rings (SSSR count). The number of hydrogen-bond acceptors (Lipinski definition) is 4. The Labute approximate surface area is 127 Å². The molecule has 0 bridgehead atoms. The van der Waals surface area contributed by atoms with Crippen LogP contribution in [0, 0.1) is 0 Å². The molecule has 112 valence electrons. The minimum atomic E-state index is 0.438. The fourth-order valence-corrected chi connectivity index (χ4v) is 2.37. The molecule has 2 aromatic rings. The number of nitrogens with zero attached hydrogens (tertiary/aromatic N) is 2. The first-order valence-electron chi connectivity index (χ1n) is 7.62. The normalized spacial score (nSPS) is 12.0. The summed E-state index contributed by atoms with van der Waals surface area (Å²) in [6.45, 7) is 8.15. The van der Waals surface area contributed by atoms with Crippen LogP contribution in [0.4, 0.5) is 11.6 Å². The van der Waals surface area contributed by atoms with Crippen molar-refractivity contribution < 1.29 is 0 Å². The molecule has 0 aliphatic heterocycles. The van der Waals surface area contributed by atoms with Crippen LogP contribution in [-0.4, -0.2) is 23.1 Å². The molecule has 0 aliphatic carbocycles. The Morgan fingerprint density at radius 1 is 1.00 bits per heavy atom. The number of rotatable bonds is 7. The van der Waals surface area contributed by atoms with E-state index in [2.05, 4.69) is 65.6 Å². The number of aromatic nitrogens is 2. The first-order valence-corrected chi connectivity index (χ1v) is 7.62. The molecule has 0 spiro atoms. The highest BCUT2D eigenvalue weighted by Crippen LogP contribution is 2.22. The van der Waals surface area contributed by atoms with E-state index >= 15 is 0 Å². The number of benzene rings is 1. The second kappa shape index (κ2) is 7.62. The minimum Gasteiger partial charge on any atom is -0.370 e. The van der Waals surface area contributed by atoms with E-state index in [0.717, 1.165) is 36.7 Å². The van der Waals surface area contributed by atoms with Crippen molar-refractivity contribution in [2.45, 2.75) is 33.1 Å². The lowest BCUT2D eigenvalue weighted by Crippen LogP contribution is -2.14. The highest BCUT2D eigenvalue weighted by atomic mass is 15.1. The lowest BCUT2D eigenvalue weighted by Gasteiger charge is -2.17. The van der Waals surface area contributed by atoms with Crippen LogP contribution in [0.2, 0.25) is 0 Å². The van der Waals surface area contributed by atoms with Crippen molar-refractivity contribution in [3.63, 3.8) is 0 Å². The average Bonchev–Trinajstić information content (AvgIpc) is 2.54. The third-order valence-corrected chi connectivity index (χ3v) is 3.59. The van der Waals surface area contributed by atoms with Crippen molar-refractivity contribution >= 4 is 11.6 Å². The number of nitrogens with one attached hydrogen (secondary N) is 2. The maximum absolute atomic E-state index is 4.40. The summed E-state index contributed by atoms with van der Waals surface area (Å²) in [7, 11) is 0. The maximum atomic E-state index is 4.40. The summed E-state index contributed by atoms with van der Waals surface area (Å²) < 4.78 is 0. The van der Waals surface area contributed by atoms with Gasteiger partial charge in [0, 0.05) is 18.7 Å². The molecule has 0 fully saturated rings. The van der Waals surface area contributed by atoms with Crippen molar-refractivity contribution in [2.75, 3.05) is 23.7 Å². The van der Waals surface area contributed by atoms with Crippen LogP contribution in [0.3, 0.4) is 0 Å². The SMILES string of the molecule is CCNc1ncnc(NCC(C)c2ccccc2)c1CC. The van der Waals surface area contributed by atoms with Gasteiger partial charge in [-0.25, -0.2) is 9.97 Å². The third-order valence-electron chi connectivity index (χ3n) is 3.59. The van der Waals surface area contributed by atoms with Gasteiger partial charge in [0.15, 0.2) is 0 Å². The molecule has 1 atom stereocenters. The molecule has 0 radical (unpaired) electrons. The number of hydrogen-bond donors (Lipinski definition) is 2. The van der Waals surface area contributed by atoms with Crippen molar-refractivity contribution in [3.8, 4) is 0 Å². The third kappa shape index (κ3) is 3.94. The Hall–Kier alpha value is -2.10. The van der Waals surface area contributed by atoms with Crippen LogP contribution in [0.25, 0.3) is 0 Å². The Bertz CT molecular complexity index is 554. The average molecular weight is 284 g/mol. The van der Waals surface area contributed by atoms with Gasteiger partial charge in [-0.05, 0) is 24.8 Å². The minimum absolute atomic E-state index is 0.438. The van der Waals surface area contributed by atoms with Gasteiger partial charge in [0.1, 0.15) is 18.0 Å². The smallest absolute Gasteiger partial charge is 0.134 e. The van der Waals surface area contributed by atoms with Crippen molar-refractivity contribution in [1.29, 1.82) is 0 Å². The molecular formula is C17H24N4. The Balaban J connectivity index is 2.07. The van der Waals surface area contributed by atoms with Crippen molar-refractivity contribution in [2.24, 2.45) is 0 Å². The van der Waals surface area contributed by atoms with E-state index in [9.17, 15) is 0 Å². The molecule has 0 saturated heterocycles. The fourth-order valence-electron chi connectivity index (χ4n) is 2.37. The Kier molecular flexibility index (Phi) is 5.55. The van der Waals surface area contributed by atoms with E-state index < -0.39 is 0 Å². The van der Waals surface area contributed by atoms with Crippen LogP contribution in [0.5, 0.6) is 0 Å². The largest absolute Gasteiger partial charge is 0.370 e. The molecule has 21 heavy (non-hydrogen) atoms. The highest BCUT2D eigenvalue weighted by molar-refractivity contribution is 5.57. The van der Waals surface area contributed by atoms with E-state index in [1.54, 1.807) is 6.33 Å². The van der Waals surface area contributed by atoms with E-state index in [1.807, 2.05) is 6.07 Å². The summed E-state index contributed by atoms with van der Waals surface area (Å²) in [6, 6.07) is 10.5. The van der Waals surface area contributed by atoms with Crippen LogP contribution < -0.4 is 10.6 Å². The fraction of sp³-hybridized carbons (Fsp3) is 0.412. The Morgan fingerprint density at radius 3 is 2.29 bits per heavy atom. The molecule has 2 N–H and O–H groups in total. The molecule has 1 aromatic heterocycles. The van der Waals surface area contributed by atoms with Gasteiger partial charge < -0.3 is 10.6 Å². The summed E-state index contributed by atoms with van der Waals surface area (Å²) in [5, 5.41) is 6.77. The zero-order valence-electron chi connectivity index (χ0n) is 13.1. The zero-order valence-corrected chi connectivity index (χ0v) is 13.1. The highest BCUT2D eigenvalue weighted by Gasteiger charge is 2.11. The molecule has 0 amide bonds. The molecule has 1 unspecified atom stereocenters. The summed E-state index contributed by atoms with van der Waals surface area (Å²) in [5.41, 5.74) is 2.49. The van der Waals surface area contributed by atoms with Gasteiger partial charge >= 0.3 is 0 Å². The molecule has 0 saturated carbocycles. The predicted molar refractivity (Wildman–Crippen MR) is 88.9 cm³/mol. The molecule has 0 aliphatic rings. The van der Waals surface area contributed by atoms with Crippen LogP contribution >= 0.6 is 0 Å².